The van der Waals surface area contributed by atoms with E-state index in [2.05, 4.69) is 4.72 Å². The maximum Gasteiger partial charge on any atom is 0.337 e. The van der Waals surface area contributed by atoms with Crippen LogP contribution in [-0.2, 0) is 29.3 Å². The fraction of sp³-hybridized carbons (Fsp3) is 0.350. The number of benzene rings is 2. The van der Waals surface area contributed by atoms with Crippen molar-refractivity contribution in [1.82, 2.24) is 4.72 Å². The zero-order valence-electron chi connectivity index (χ0n) is 15.4. The lowest BCUT2D eigenvalue weighted by atomic mass is 9.92. The van der Waals surface area contributed by atoms with E-state index < -0.39 is 11.4 Å². The molecule has 0 amide bonds. The second-order valence-corrected chi connectivity index (χ2v) is 9.19. The van der Waals surface area contributed by atoms with E-state index in [4.69, 9.17) is 9.47 Å². The van der Waals surface area contributed by atoms with Crippen LogP contribution in [0.5, 0.6) is 5.75 Å². The van der Waals surface area contributed by atoms with Crippen LogP contribution in [0, 0.1) is 0 Å². The van der Waals surface area contributed by atoms with Crippen molar-refractivity contribution in [2.75, 3.05) is 7.11 Å². The molecule has 138 valence electrons. The van der Waals surface area contributed by atoms with E-state index in [0.29, 0.717) is 18.7 Å². The van der Waals surface area contributed by atoms with Crippen molar-refractivity contribution in [3.63, 3.8) is 0 Å². The number of ether oxygens (including phenoxy) is 2. The average molecular weight is 373 g/mol. The first-order valence-electron chi connectivity index (χ1n) is 8.43. The maximum atomic E-state index is 12.3. The van der Waals surface area contributed by atoms with Crippen LogP contribution in [0.2, 0.25) is 0 Å². The molecule has 1 aliphatic rings. The Kier molecular flexibility index (Phi) is 5.27. The predicted octanol–water partition coefficient (Wildman–Crippen LogP) is 3.58. The summed E-state index contributed by atoms with van der Waals surface area (Å²) in [5.74, 6) is 0.367. The third kappa shape index (κ3) is 3.72. The molecule has 2 aromatic carbocycles. The number of carbonyl (C=O) groups excluding carboxylic acids is 1. The smallest absolute Gasteiger partial charge is 0.337 e. The summed E-state index contributed by atoms with van der Waals surface area (Å²) in [6.45, 7) is 6.74. The number of hydrogen-bond donors (Lipinski definition) is 1. The molecule has 1 aliphatic heterocycles. The molecule has 1 heterocycles. The molecule has 3 rings (SSSR count). The molecule has 1 N–H and O–H groups in total. The lowest BCUT2D eigenvalue weighted by Gasteiger charge is -2.26. The zero-order valence-corrected chi connectivity index (χ0v) is 16.2. The number of esters is 1. The average Bonchev–Trinajstić information content (AvgIpc) is 2.63. The van der Waals surface area contributed by atoms with Crippen molar-refractivity contribution in [2.24, 2.45) is 0 Å². The Bertz CT molecular complexity index is 829. The van der Waals surface area contributed by atoms with E-state index in [9.17, 15) is 9.35 Å². The highest BCUT2D eigenvalue weighted by Crippen LogP contribution is 2.39. The summed E-state index contributed by atoms with van der Waals surface area (Å²) in [7, 11) is 1.37. The molecule has 0 fully saturated rings. The van der Waals surface area contributed by atoms with Gasteiger partial charge in [0.15, 0.2) is 0 Å². The molecule has 0 saturated carbocycles. The first kappa shape index (κ1) is 18.8. The number of carbonyl (C=O) groups is 1. The van der Waals surface area contributed by atoms with Crippen LogP contribution in [0.25, 0.3) is 11.1 Å². The van der Waals surface area contributed by atoms with Crippen LogP contribution in [0.1, 0.15) is 42.3 Å². The Balaban J connectivity index is 1.93. The van der Waals surface area contributed by atoms with Crippen LogP contribution in [-0.4, -0.2) is 22.4 Å². The molecule has 0 aromatic heterocycles. The minimum atomic E-state index is -1.15. The fourth-order valence-corrected chi connectivity index (χ4v) is 3.56. The molecule has 0 radical (unpaired) electrons. The SMILES string of the molecule is COC(=O)c1ccc2c(c1)-c1cccc(CN[S+]([O-])C(C)(C)C)c1CO2. The Morgan fingerprint density at radius 3 is 2.73 bits per heavy atom. The van der Waals surface area contributed by atoms with Crippen molar-refractivity contribution in [2.45, 2.75) is 38.7 Å². The van der Waals surface area contributed by atoms with Crippen LogP contribution in [0.3, 0.4) is 0 Å². The minimum Gasteiger partial charge on any atom is -0.598 e. The highest BCUT2D eigenvalue weighted by Gasteiger charge is 2.27. The van der Waals surface area contributed by atoms with E-state index in [1.54, 1.807) is 18.2 Å². The summed E-state index contributed by atoms with van der Waals surface area (Å²) < 4.78 is 25.7. The van der Waals surface area contributed by atoms with E-state index >= 15 is 0 Å². The van der Waals surface area contributed by atoms with Crippen molar-refractivity contribution in [1.29, 1.82) is 0 Å². The Labute approximate surface area is 157 Å². The van der Waals surface area contributed by atoms with Crippen LogP contribution in [0.4, 0.5) is 0 Å². The summed E-state index contributed by atoms with van der Waals surface area (Å²) in [5, 5.41) is 0. The van der Waals surface area contributed by atoms with Gasteiger partial charge in [0.1, 0.15) is 17.1 Å². The summed E-state index contributed by atoms with van der Waals surface area (Å²) in [6, 6.07) is 11.3. The summed E-state index contributed by atoms with van der Waals surface area (Å²) in [6.07, 6.45) is 0. The Hall–Kier alpha value is -2.02. The molecular formula is C20H23NO4S. The quantitative estimate of drug-likeness (QED) is 0.655. The van der Waals surface area contributed by atoms with Gasteiger partial charge in [-0.25, -0.2) is 4.79 Å². The number of methoxy groups -OCH3 is 1. The third-order valence-corrected chi connectivity index (χ3v) is 5.80. The number of nitrogens with one attached hydrogen (secondary N) is 1. The van der Waals surface area contributed by atoms with Crippen molar-refractivity contribution in [3.8, 4) is 16.9 Å². The topological polar surface area (TPSA) is 70.6 Å². The number of rotatable bonds is 4. The van der Waals surface area contributed by atoms with Crippen molar-refractivity contribution in [3.05, 3.63) is 53.1 Å². The van der Waals surface area contributed by atoms with Gasteiger partial charge in [-0.1, -0.05) is 18.2 Å². The summed E-state index contributed by atoms with van der Waals surface area (Å²) in [4.78, 5) is 11.8. The normalized spacial score (nSPS) is 14.0. The minimum absolute atomic E-state index is 0.326. The van der Waals surface area contributed by atoms with Gasteiger partial charge >= 0.3 is 5.97 Å². The molecule has 0 spiro atoms. The van der Waals surface area contributed by atoms with Gasteiger partial charge in [-0.15, -0.1) is 4.72 Å². The first-order valence-corrected chi connectivity index (χ1v) is 9.58. The van der Waals surface area contributed by atoms with Crippen molar-refractivity contribution >= 4 is 17.3 Å². The lowest BCUT2D eigenvalue weighted by Crippen LogP contribution is -2.39. The largest absolute Gasteiger partial charge is 0.598 e. The van der Waals surface area contributed by atoms with Gasteiger partial charge in [-0.2, -0.15) is 0 Å². The van der Waals surface area contributed by atoms with Gasteiger partial charge in [-0.3, -0.25) is 0 Å². The number of fused-ring (bicyclic) bond motifs is 3. The number of hydrogen-bond acceptors (Lipinski definition) is 5. The van der Waals surface area contributed by atoms with E-state index in [1.165, 1.54) is 7.11 Å². The van der Waals surface area contributed by atoms with Gasteiger partial charge < -0.3 is 14.0 Å². The van der Waals surface area contributed by atoms with Gasteiger partial charge in [0.25, 0.3) is 0 Å². The Morgan fingerprint density at radius 1 is 1.27 bits per heavy atom. The first-order chi connectivity index (χ1) is 12.3. The van der Waals surface area contributed by atoms with Gasteiger partial charge in [0, 0.05) is 22.5 Å². The molecule has 2 aromatic rings. The van der Waals surface area contributed by atoms with Gasteiger partial charge in [0.05, 0.1) is 19.2 Å². The van der Waals surface area contributed by atoms with E-state index in [1.807, 2.05) is 39.0 Å². The molecule has 0 aliphatic carbocycles. The molecule has 0 bridgehead atoms. The monoisotopic (exact) mass is 373 g/mol. The molecule has 6 heteroatoms. The van der Waals surface area contributed by atoms with E-state index in [0.717, 1.165) is 28.0 Å². The van der Waals surface area contributed by atoms with E-state index in [-0.39, 0.29) is 10.7 Å². The fourth-order valence-electron chi connectivity index (χ4n) is 2.84. The van der Waals surface area contributed by atoms with Crippen LogP contribution in [0.15, 0.2) is 36.4 Å². The second kappa shape index (κ2) is 7.31. The zero-order chi connectivity index (χ0) is 18.9. The summed E-state index contributed by atoms with van der Waals surface area (Å²) in [5.41, 5.74) is 4.46. The molecule has 26 heavy (non-hydrogen) atoms. The standard InChI is InChI=1S/C20H23NO4S/c1-20(2,3)26(23)21-11-14-6-5-7-15-16-10-13(19(22)24-4)8-9-18(16)25-12-17(14)15/h5-10,21H,11-12H2,1-4H3. The molecular weight excluding hydrogens is 350 g/mol. The molecule has 1 unspecified atom stereocenters. The highest BCUT2D eigenvalue weighted by atomic mass is 32.2. The van der Waals surface area contributed by atoms with Gasteiger partial charge in [0.2, 0.25) is 0 Å². The summed E-state index contributed by atoms with van der Waals surface area (Å²) >= 11 is -1.15. The highest BCUT2D eigenvalue weighted by molar-refractivity contribution is 7.90. The second-order valence-electron chi connectivity index (χ2n) is 7.14. The lowest BCUT2D eigenvalue weighted by molar-refractivity contribution is 0.0600. The molecule has 0 saturated heterocycles. The van der Waals surface area contributed by atoms with Crippen LogP contribution < -0.4 is 9.46 Å². The molecule has 5 nitrogen and oxygen atoms in total. The van der Waals surface area contributed by atoms with Crippen molar-refractivity contribution < 1.29 is 18.8 Å². The Morgan fingerprint density at radius 2 is 2.04 bits per heavy atom. The third-order valence-electron chi connectivity index (χ3n) is 4.29. The maximum absolute atomic E-state index is 12.3. The van der Waals surface area contributed by atoms with Crippen LogP contribution >= 0.6 is 0 Å². The van der Waals surface area contributed by atoms with Gasteiger partial charge in [-0.05, 0) is 50.1 Å². The predicted molar refractivity (Wildman–Crippen MR) is 102 cm³/mol. The molecule has 1 atom stereocenters.